The van der Waals surface area contributed by atoms with Crippen LogP contribution < -0.4 is 9.80 Å². The molecule has 7 aromatic carbocycles. The molecule has 6 heteroatoms. The lowest BCUT2D eigenvalue weighted by Crippen LogP contribution is -2.18. The predicted octanol–water partition coefficient (Wildman–Crippen LogP) is 12.5. The average Bonchev–Trinajstić information content (AvgIpc) is 3.17. The molecule has 0 aliphatic heterocycles. The molecule has 0 heterocycles. The largest absolute Gasteiger partial charge is 0.314 e. The molecule has 0 saturated heterocycles. The summed E-state index contributed by atoms with van der Waals surface area (Å²) in [5.74, 6) is -0.626. The Kier molecular flexibility index (Phi) is 8.69. The Morgan fingerprint density at radius 1 is 0.500 bits per heavy atom. The highest BCUT2D eigenvalue weighted by Gasteiger charge is 2.23. The summed E-state index contributed by atoms with van der Waals surface area (Å²) in [6, 6.07) is 41.7. The number of rotatable bonds is 6. The number of hydrogen-bond donors (Lipinski definition) is 0. The fourth-order valence-corrected chi connectivity index (χ4v) is 6.82. The van der Waals surface area contributed by atoms with Crippen LogP contribution in [-0.2, 0) is 0 Å². The van der Waals surface area contributed by atoms with Gasteiger partial charge in [0, 0.05) is 39.1 Å². The van der Waals surface area contributed by atoms with Crippen LogP contribution in [0.1, 0.15) is 32.3 Å². The zero-order valence-corrected chi connectivity index (χ0v) is 27.7. The number of nitriles is 2. The second-order valence-corrected chi connectivity index (χ2v) is 11.8. The molecule has 0 atom stereocenters. The van der Waals surface area contributed by atoms with Crippen LogP contribution in [0, 0.1) is 34.3 Å². The van der Waals surface area contributed by atoms with E-state index in [9.17, 15) is 19.3 Å². The van der Waals surface area contributed by atoms with Gasteiger partial charge in [-0.2, -0.15) is 10.5 Å². The molecule has 0 aromatic heterocycles. The minimum absolute atomic E-state index is 0.307. The first-order valence-corrected chi connectivity index (χ1v) is 16.6. The van der Waals surface area contributed by atoms with Gasteiger partial charge in [-0.3, -0.25) is 0 Å². The molecule has 1 aliphatic carbocycles. The van der Waals surface area contributed by atoms with E-state index >= 15 is 0 Å². The molecule has 8 rings (SSSR count). The van der Waals surface area contributed by atoms with E-state index in [0.717, 1.165) is 72.0 Å². The zero-order chi connectivity index (χ0) is 34.8. The van der Waals surface area contributed by atoms with Crippen LogP contribution in [0.2, 0.25) is 0 Å². The molecule has 0 spiro atoms. The second kappa shape index (κ2) is 13.5. The summed E-state index contributed by atoms with van der Waals surface area (Å²) in [5, 5.41) is 25.3. The van der Waals surface area contributed by atoms with E-state index in [1.807, 2.05) is 38.1 Å². The van der Waals surface area contributed by atoms with Crippen LogP contribution in [0.15, 0.2) is 145 Å². The van der Waals surface area contributed by atoms with Crippen molar-refractivity contribution >= 4 is 60.8 Å². The Bertz CT molecular complexity index is 2480. The van der Waals surface area contributed by atoms with E-state index in [4.69, 9.17) is 0 Å². The van der Waals surface area contributed by atoms with Gasteiger partial charge >= 0.3 is 0 Å². The van der Waals surface area contributed by atoms with Crippen LogP contribution in [0.4, 0.5) is 37.2 Å². The third-order valence-corrected chi connectivity index (χ3v) is 9.08. The Hall–Kier alpha value is -6.50. The van der Waals surface area contributed by atoms with Crippen molar-refractivity contribution in [1.29, 1.82) is 10.5 Å². The SMILES string of the molecule is CC.N#CC1=CC=C(N(c2ccc(F)cc2)c2ccc3ccc4c(N(c5ccc(F)cc5)c5ccc(C#N)cc5)ccc5ccc2c3c54)CC1. The van der Waals surface area contributed by atoms with E-state index in [0.29, 0.717) is 18.4 Å². The number of benzene rings is 7. The van der Waals surface area contributed by atoms with Gasteiger partial charge in [0.15, 0.2) is 0 Å². The molecule has 242 valence electrons. The van der Waals surface area contributed by atoms with Gasteiger partial charge in [-0.25, -0.2) is 8.78 Å². The standard InChI is InChI=1S/C42H26F2N4.C2H6/c43-31-9-17-35(18-10-31)47(33-13-1-27(25-45)2-14-33)39-23-7-29-6-22-38-40(24-8-30-5-21-37(39)41(29)42(30)38)48(36-19-11-32(44)12-20-36)34-15-3-28(26-46)4-16-34;1-2/h1-3,5-15,17-24H,4,16H2;1-2H3. The van der Waals surface area contributed by atoms with Crippen molar-refractivity contribution in [3.63, 3.8) is 0 Å². The third-order valence-electron chi connectivity index (χ3n) is 9.08. The minimum atomic E-state index is -0.320. The number of nitrogens with zero attached hydrogens (tertiary/aromatic N) is 4. The molecule has 50 heavy (non-hydrogen) atoms. The Morgan fingerprint density at radius 3 is 1.42 bits per heavy atom. The summed E-state index contributed by atoms with van der Waals surface area (Å²) in [7, 11) is 0. The summed E-state index contributed by atoms with van der Waals surface area (Å²) >= 11 is 0. The topological polar surface area (TPSA) is 54.1 Å². The molecule has 0 saturated carbocycles. The number of anilines is 5. The zero-order valence-electron chi connectivity index (χ0n) is 27.7. The summed E-state index contributed by atoms with van der Waals surface area (Å²) in [5.41, 5.74) is 6.62. The molecular weight excluding hydrogens is 623 g/mol. The quantitative estimate of drug-likeness (QED) is 0.167. The second-order valence-electron chi connectivity index (χ2n) is 11.8. The van der Waals surface area contributed by atoms with Crippen molar-refractivity contribution in [3.05, 3.63) is 162 Å². The lowest BCUT2D eigenvalue weighted by Gasteiger charge is -2.31. The Balaban J connectivity index is 0.00000193. The summed E-state index contributed by atoms with van der Waals surface area (Å²) in [6.07, 6.45) is 5.15. The molecule has 1 aliphatic rings. The van der Waals surface area contributed by atoms with Crippen molar-refractivity contribution in [1.82, 2.24) is 0 Å². The predicted molar refractivity (Wildman–Crippen MR) is 200 cm³/mol. The molecule has 0 bridgehead atoms. The first-order valence-electron chi connectivity index (χ1n) is 16.6. The number of halogens is 2. The van der Waals surface area contributed by atoms with E-state index in [-0.39, 0.29) is 11.6 Å². The average molecular weight is 655 g/mol. The monoisotopic (exact) mass is 654 g/mol. The maximum atomic E-state index is 14.1. The van der Waals surface area contributed by atoms with E-state index in [1.54, 1.807) is 36.4 Å². The maximum Gasteiger partial charge on any atom is 0.123 e. The normalized spacial score (nSPS) is 12.4. The van der Waals surface area contributed by atoms with Crippen molar-refractivity contribution in [2.45, 2.75) is 26.7 Å². The van der Waals surface area contributed by atoms with Gasteiger partial charge in [-0.15, -0.1) is 0 Å². The van der Waals surface area contributed by atoms with Crippen molar-refractivity contribution < 1.29 is 8.78 Å². The van der Waals surface area contributed by atoms with Crippen molar-refractivity contribution in [2.24, 2.45) is 0 Å². The first-order chi connectivity index (χ1) is 24.5. The highest BCUT2D eigenvalue weighted by molar-refractivity contribution is 6.28. The summed E-state index contributed by atoms with van der Waals surface area (Å²) in [4.78, 5) is 4.25. The van der Waals surface area contributed by atoms with Gasteiger partial charge in [0.05, 0.1) is 29.1 Å². The van der Waals surface area contributed by atoms with Crippen molar-refractivity contribution in [3.8, 4) is 12.1 Å². The number of hydrogen-bond acceptors (Lipinski definition) is 4. The fraction of sp³-hybridized carbons (Fsp3) is 0.0909. The van der Waals surface area contributed by atoms with Gasteiger partial charge in [0.25, 0.3) is 0 Å². The van der Waals surface area contributed by atoms with Gasteiger partial charge < -0.3 is 9.80 Å². The van der Waals surface area contributed by atoms with Crippen LogP contribution in [0.5, 0.6) is 0 Å². The Labute approximate surface area is 290 Å². The third kappa shape index (κ3) is 5.68. The van der Waals surface area contributed by atoms with E-state index in [1.165, 1.54) is 24.3 Å². The van der Waals surface area contributed by atoms with Crippen LogP contribution >= 0.6 is 0 Å². The highest BCUT2D eigenvalue weighted by atomic mass is 19.1. The summed E-state index contributed by atoms with van der Waals surface area (Å²) < 4.78 is 28.2. The van der Waals surface area contributed by atoms with Gasteiger partial charge in [-0.05, 0) is 131 Å². The smallest absolute Gasteiger partial charge is 0.123 e. The van der Waals surface area contributed by atoms with Crippen molar-refractivity contribution in [2.75, 3.05) is 9.80 Å². The van der Waals surface area contributed by atoms with Gasteiger partial charge in [0.2, 0.25) is 0 Å². The minimum Gasteiger partial charge on any atom is -0.314 e. The first kappa shape index (κ1) is 32.1. The molecule has 0 unspecified atom stereocenters. The van der Waals surface area contributed by atoms with Crippen LogP contribution in [0.3, 0.4) is 0 Å². The summed E-state index contributed by atoms with van der Waals surface area (Å²) in [6.45, 7) is 4.00. The molecule has 0 amide bonds. The van der Waals surface area contributed by atoms with Crippen LogP contribution in [-0.4, -0.2) is 0 Å². The highest BCUT2D eigenvalue weighted by Crippen LogP contribution is 2.47. The van der Waals surface area contributed by atoms with Gasteiger partial charge in [-0.1, -0.05) is 50.2 Å². The van der Waals surface area contributed by atoms with Gasteiger partial charge in [0.1, 0.15) is 11.6 Å². The lowest BCUT2D eigenvalue weighted by molar-refractivity contribution is 0.627. The van der Waals surface area contributed by atoms with E-state index < -0.39 is 0 Å². The lowest BCUT2D eigenvalue weighted by atomic mass is 9.91. The Morgan fingerprint density at radius 2 is 0.960 bits per heavy atom. The number of allylic oxidation sites excluding steroid dienone is 4. The molecule has 0 fully saturated rings. The molecular formula is C44H32F2N4. The molecule has 0 N–H and O–H groups in total. The maximum absolute atomic E-state index is 14.1. The fourth-order valence-electron chi connectivity index (χ4n) is 6.82. The molecule has 7 aromatic rings. The van der Waals surface area contributed by atoms with Crippen LogP contribution in [0.25, 0.3) is 32.3 Å². The molecule has 4 nitrogen and oxygen atoms in total. The molecule has 0 radical (unpaired) electrons. The van der Waals surface area contributed by atoms with E-state index in [2.05, 4.69) is 70.5 Å².